The van der Waals surface area contributed by atoms with Gasteiger partial charge in [0.2, 0.25) is 0 Å². The van der Waals surface area contributed by atoms with Crippen molar-refractivity contribution in [3.63, 3.8) is 0 Å². The molecular weight excluding hydrogens is 260 g/mol. The first-order chi connectivity index (χ1) is 4.74. The first-order valence-electron chi connectivity index (χ1n) is 3.10. The minimum absolute atomic E-state index is 0.132. The quantitative estimate of drug-likeness (QED) is 0.568. The number of allylic oxidation sites excluding steroid dienone is 3. The normalized spacial score (nSPS) is 31.7. The first kappa shape index (κ1) is 8.40. The Morgan fingerprint density at radius 1 is 1.70 bits per heavy atom. The van der Waals surface area contributed by atoms with E-state index in [1.165, 1.54) is 0 Å². The molecule has 0 radical (unpaired) electrons. The van der Waals surface area contributed by atoms with E-state index in [9.17, 15) is 0 Å². The molecule has 0 heterocycles. The van der Waals surface area contributed by atoms with E-state index >= 15 is 0 Å². The van der Waals surface area contributed by atoms with Crippen LogP contribution < -0.4 is 5.32 Å². The summed E-state index contributed by atoms with van der Waals surface area (Å²) in [6, 6.07) is 0. The molecule has 1 nitrogen and oxygen atoms in total. The maximum absolute atomic E-state index is 5.97. The van der Waals surface area contributed by atoms with Crippen molar-refractivity contribution in [3.05, 3.63) is 23.9 Å². The van der Waals surface area contributed by atoms with Gasteiger partial charge in [-0.15, -0.1) is 11.6 Å². The van der Waals surface area contributed by atoms with Crippen molar-refractivity contribution >= 4 is 34.2 Å². The lowest BCUT2D eigenvalue weighted by Crippen LogP contribution is -2.17. The molecule has 0 amide bonds. The molecule has 0 aromatic heterocycles. The number of nitrogens with one attached hydrogen (secondary N) is 1. The summed E-state index contributed by atoms with van der Waals surface area (Å²) in [5, 5.41) is 3.17. The molecule has 0 aromatic rings. The van der Waals surface area contributed by atoms with Crippen LogP contribution in [0.15, 0.2) is 23.9 Å². The number of hydrogen-bond acceptors (Lipinski definition) is 1. The van der Waals surface area contributed by atoms with Crippen LogP contribution >= 0.6 is 34.2 Å². The summed E-state index contributed by atoms with van der Waals surface area (Å²) >= 11 is 8.28. The highest BCUT2D eigenvalue weighted by Crippen LogP contribution is 2.21. The van der Waals surface area contributed by atoms with Crippen molar-refractivity contribution < 1.29 is 0 Å². The van der Waals surface area contributed by atoms with E-state index in [-0.39, 0.29) is 5.38 Å². The molecule has 2 atom stereocenters. The fourth-order valence-corrected chi connectivity index (χ4v) is 1.42. The van der Waals surface area contributed by atoms with Crippen LogP contribution in [0.1, 0.15) is 0 Å². The predicted molar refractivity (Wildman–Crippen MR) is 53.7 cm³/mol. The lowest BCUT2D eigenvalue weighted by Gasteiger charge is -2.15. The summed E-state index contributed by atoms with van der Waals surface area (Å²) in [6.45, 7) is 0. The van der Waals surface area contributed by atoms with Crippen LogP contribution in [0, 0.1) is 0 Å². The number of alkyl halides is 2. The van der Waals surface area contributed by atoms with Crippen LogP contribution in [0.25, 0.3) is 0 Å². The Balaban J connectivity index is 2.66. The second kappa shape index (κ2) is 3.62. The molecule has 0 aromatic carbocycles. The second-order valence-corrected chi connectivity index (χ2v) is 4.06. The van der Waals surface area contributed by atoms with Gasteiger partial charge in [-0.1, -0.05) is 28.7 Å². The van der Waals surface area contributed by atoms with E-state index in [0.29, 0.717) is 3.92 Å². The third-order valence-corrected chi connectivity index (χ3v) is 3.40. The molecule has 10 heavy (non-hydrogen) atoms. The highest BCUT2D eigenvalue weighted by Gasteiger charge is 2.14. The molecule has 1 aliphatic rings. The molecule has 3 heteroatoms. The Labute approximate surface area is 79.7 Å². The molecule has 0 aliphatic heterocycles. The summed E-state index contributed by atoms with van der Waals surface area (Å²) in [7, 11) is 1.90. The monoisotopic (exact) mass is 269 g/mol. The van der Waals surface area contributed by atoms with Gasteiger partial charge in [0.05, 0.1) is 5.38 Å². The zero-order valence-electron chi connectivity index (χ0n) is 5.64. The Hall–Kier alpha value is 0.300. The number of hydrogen-bond donors (Lipinski definition) is 1. The number of rotatable bonds is 1. The van der Waals surface area contributed by atoms with Crippen LogP contribution in [-0.4, -0.2) is 16.3 Å². The average Bonchev–Trinajstić information content (AvgIpc) is 1.95. The minimum Gasteiger partial charge on any atom is -0.388 e. The van der Waals surface area contributed by atoms with E-state index in [1.54, 1.807) is 0 Å². The number of likely N-dealkylation sites (N-methyl/N-ethyl adjacent to an activating group) is 1. The van der Waals surface area contributed by atoms with Crippen LogP contribution in [-0.2, 0) is 0 Å². The largest absolute Gasteiger partial charge is 0.388 e. The Bertz CT molecular complexity index is 176. The molecule has 0 bridgehead atoms. The van der Waals surface area contributed by atoms with E-state index in [1.807, 2.05) is 13.1 Å². The van der Waals surface area contributed by atoms with Gasteiger partial charge in [-0.2, -0.15) is 0 Å². The van der Waals surface area contributed by atoms with Crippen LogP contribution in [0.3, 0.4) is 0 Å². The van der Waals surface area contributed by atoms with Crippen molar-refractivity contribution in [1.82, 2.24) is 5.32 Å². The van der Waals surface area contributed by atoms with E-state index in [0.717, 1.165) is 5.70 Å². The molecule has 0 saturated heterocycles. The topological polar surface area (TPSA) is 12.0 Å². The van der Waals surface area contributed by atoms with Crippen molar-refractivity contribution in [1.29, 1.82) is 0 Å². The molecule has 1 rings (SSSR count). The summed E-state index contributed by atoms with van der Waals surface area (Å²) in [6.07, 6.45) is 6.18. The van der Waals surface area contributed by atoms with E-state index < -0.39 is 0 Å². The van der Waals surface area contributed by atoms with Gasteiger partial charge in [-0.05, 0) is 12.2 Å². The van der Waals surface area contributed by atoms with Crippen molar-refractivity contribution in [2.45, 2.75) is 9.30 Å². The highest BCUT2D eigenvalue weighted by atomic mass is 127. The molecule has 56 valence electrons. The fourth-order valence-electron chi connectivity index (χ4n) is 0.787. The lowest BCUT2D eigenvalue weighted by molar-refractivity contribution is 0.967. The Morgan fingerprint density at radius 2 is 2.40 bits per heavy atom. The van der Waals surface area contributed by atoms with E-state index in [2.05, 4.69) is 40.1 Å². The zero-order chi connectivity index (χ0) is 7.56. The predicted octanol–water partition coefficient (Wildman–Crippen LogP) is 2.07. The zero-order valence-corrected chi connectivity index (χ0v) is 8.56. The third-order valence-electron chi connectivity index (χ3n) is 1.39. The van der Waals surface area contributed by atoms with Gasteiger partial charge in [0.15, 0.2) is 0 Å². The summed E-state index contributed by atoms with van der Waals surface area (Å²) in [4.78, 5) is 0. The van der Waals surface area contributed by atoms with Gasteiger partial charge < -0.3 is 5.32 Å². The Kier molecular flexibility index (Phi) is 3.04. The second-order valence-electron chi connectivity index (χ2n) is 2.12. The maximum atomic E-state index is 5.97. The minimum atomic E-state index is 0.132. The highest BCUT2D eigenvalue weighted by molar-refractivity contribution is 14.1. The molecule has 0 fully saturated rings. The number of halogens is 2. The van der Waals surface area contributed by atoms with Gasteiger partial charge in [0, 0.05) is 16.7 Å². The smallest absolute Gasteiger partial charge is 0.0691 e. The summed E-state index contributed by atoms with van der Waals surface area (Å²) < 4.78 is 0.427. The van der Waals surface area contributed by atoms with Gasteiger partial charge in [-0.25, -0.2) is 0 Å². The maximum Gasteiger partial charge on any atom is 0.0691 e. The lowest BCUT2D eigenvalue weighted by atomic mass is 10.1. The van der Waals surface area contributed by atoms with Gasteiger partial charge in [-0.3, -0.25) is 0 Å². The molecular formula is C7H9ClIN. The van der Waals surface area contributed by atoms with Crippen molar-refractivity contribution in [3.8, 4) is 0 Å². The first-order valence-corrected chi connectivity index (χ1v) is 4.78. The standard InChI is InChI=1S/C7H9ClIN/c1-10-5-2-3-7(9)6(8)4-5/h2-4,6-7,10H,1H3/t6-,7?/m1/s1. The van der Waals surface area contributed by atoms with E-state index in [4.69, 9.17) is 11.6 Å². The molecule has 1 aliphatic carbocycles. The van der Waals surface area contributed by atoms with Gasteiger partial charge >= 0.3 is 0 Å². The SMILES string of the molecule is CNC1=C[C@@H](Cl)C(I)C=C1. The third kappa shape index (κ3) is 1.89. The van der Waals surface area contributed by atoms with Crippen molar-refractivity contribution in [2.24, 2.45) is 0 Å². The Morgan fingerprint density at radius 3 is 2.90 bits per heavy atom. The van der Waals surface area contributed by atoms with Gasteiger partial charge in [0.1, 0.15) is 0 Å². The van der Waals surface area contributed by atoms with Crippen LogP contribution in [0.2, 0.25) is 0 Å². The molecule has 0 spiro atoms. The molecule has 0 saturated carbocycles. The molecule has 1 unspecified atom stereocenters. The summed E-state index contributed by atoms with van der Waals surface area (Å²) in [5.74, 6) is 0. The molecule has 1 N–H and O–H groups in total. The average molecular weight is 270 g/mol. The fraction of sp³-hybridized carbons (Fsp3) is 0.429. The van der Waals surface area contributed by atoms with Crippen LogP contribution in [0.4, 0.5) is 0 Å². The van der Waals surface area contributed by atoms with Gasteiger partial charge in [0.25, 0.3) is 0 Å². The van der Waals surface area contributed by atoms with Crippen LogP contribution in [0.5, 0.6) is 0 Å². The summed E-state index contributed by atoms with van der Waals surface area (Å²) in [5.41, 5.74) is 1.10. The van der Waals surface area contributed by atoms with Crippen molar-refractivity contribution in [2.75, 3.05) is 7.05 Å².